The Morgan fingerprint density at radius 2 is 2.14 bits per heavy atom. The van der Waals surface area contributed by atoms with E-state index >= 15 is 0 Å². The molecule has 1 N–H and O–H groups in total. The van der Waals surface area contributed by atoms with E-state index in [1.165, 1.54) is 16.2 Å². The van der Waals surface area contributed by atoms with E-state index in [1.54, 1.807) is 4.90 Å². The van der Waals surface area contributed by atoms with Crippen LogP contribution in [0.4, 0.5) is 0 Å². The Balaban J connectivity index is 1.83. The summed E-state index contributed by atoms with van der Waals surface area (Å²) in [5, 5.41) is 4.69. The molecule has 0 bridgehead atoms. The Labute approximate surface area is 134 Å². The number of thiophene rings is 1. The van der Waals surface area contributed by atoms with Crippen molar-refractivity contribution in [3.63, 3.8) is 0 Å². The van der Waals surface area contributed by atoms with Gasteiger partial charge in [0.25, 0.3) is 0 Å². The molecule has 120 valence electrons. The van der Waals surface area contributed by atoms with Crippen LogP contribution in [-0.2, 0) is 20.8 Å². The molecule has 1 aromatic heterocycles. The van der Waals surface area contributed by atoms with Crippen LogP contribution in [0.2, 0.25) is 0 Å². The van der Waals surface area contributed by atoms with Gasteiger partial charge in [-0.2, -0.15) is 0 Å². The number of carbonyl (C=O) groups is 3. The zero-order valence-corrected chi connectivity index (χ0v) is 13.7. The highest BCUT2D eigenvalue weighted by Gasteiger charge is 2.28. The van der Waals surface area contributed by atoms with Crippen molar-refractivity contribution >= 4 is 29.1 Å². The monoisotopic (exact) mass is 323 g/mol. The molecule has 0 radical (unpaired) electrons. The molecule has 7 heteroatoms. The molecule has 3 amide bonds. The fourth-order valence-electron chi connectivity index (χ4n) is 2.30. The van der Waals surface area contributed by atoms with E-state index in [-0.39, 0.29) is 36.9 Å². The predicted octanol–water partition coefficient (Wildman–Crippen LogP) is 0.486. The van der Waals surface area contributed by atoms with Gasteiger partial charge in [-0.15, -0.1) is 11.3 Å². The van der Waals surface area contributed by atoms with Gasteiger partial charge < -0.3 is 15.1 Å². The van der Waals surface area contributed by atoms with Crippen molar-refractivity contribution in [1.29, 1.82) is 0 Å². The van der Waals surface area contributed by atoms with Crippen LogP contribution in [0.3, 0.4) is 0 Å². The molecular formula is C15H21N3O3S. The number of nitrogens with zero attached hydrogens (tertiary/aromatic N) is 2. The van der Waals surface area contributed by atoms with E-state index in [2.05, 4.69) is 5.32 Å². The summed E-state index contributed by atoms with van der Waals surface area (Å²) in [6.07, 6.45) is 0.332. The Hall–Kier alpha value is -1.89. The minimum atomic E-state index is -0.176. The molecule has 1 aliphatic heterocycles. The van der Waals surface area contributed by atoms with E-state index in [1.807, 2.05) is 31.4 Å². The summed E-state index contributed by atoms with van der Waals surface area (Å²) in [4.78, 5) is 40.0. The fraction of sp³-hybridized carbons (Fsp3) is 0.533. The molecule has 0 unspecified atom stereocenters. The number of carbonyl (C=O) groups excluding carboxylic acids is 3. The summed E-state index contributed by atoms with van der Waals surface area (Å²) in [6, 6.07) is 3.87. The first-order valence-electron chi connectivity index (χ1n) is 7.33. The highest BCUT2D eigenvalue weighted by Crippen LogP contribution is 2.12. The molecule has 1 saturated heterocycles. The van der Waals surface area contributed by atoms with Gasteiger partial charge in [-0.25, -0.2) is 0 Å². The van der Waals surface area contributed by atoms with E-state index < -0.39 is 0 Å². The Bertz CT molecular complexity index is 542. The normalized spacial score (nSPS) is 15.3. The maximum atomic E-state index is 12.2. The van der Waals surface area contributed by atoms with Crippen molar-refractivity contribution in [3.05, 3.63) is 22.4 Å². The maximum absolute atomic E-state index is 12.2. The Kier molecular flexibility index (Phi) is 5.54. The highest BCUT2D eigenvalue weighted by atomic mass is 32.1. The molecular weight excluding hydrogens is 302 g/mol. The average molecular weight is 323 g/mol. The number of rotatable bonds is 5. The van der Waals surface area contributed by atoms with Crippen LogP contribution in [-0.4, -0.2) is 59.7 Å². The SMILES string of the molecule is CC(C)NC(=O)CN1CCN(C(=O)Cc2cccs2)CC1=O. The number of hydrogen-bond donors (Lipinski definition) is 1. The number of amides is 3. The van der Waals surface area contributed by atoms with Gasteiger partial charge in [-0.1, -0.05) is 6.07 Å². The second kappa shape index (κ2) is 7.40. The van der Waals surface area contributed by atoms with Gasteiger partial charge in [0.05, 0.1) is 19.5 Å². The molecule has 2 rings (SSSR count). The van der Waals surface area contributed by atoms with E-state index in [4.69, 9.17) is 0 Å². The van der Waals surface area contributed by atoms with Gasteiger partial charge in [0, 0.05) is 24.0 Å². The van der Waals surface area contributed by atoms with Crippen LogP contribution in [0.15, 0.2) is 17.5 Å². The van der Waals surface area contributed by atoms with E-state index in [9.17, 15) is 14.4 Å². The number of piperazine rings is 1. The second-order valence-corrected chi connectivity index (χ2v) is 6.64. The lowest BCUT2D eigenvalue weighted by Crippen LogP contribution is -2.55. The number of nitrogens with one attached hydrogen (secondary N) is 1. The van der Waals surface area contributed by atoms with Crippen molar-refractivity contribution in [2.45, 2.75) is 26.3 Å². The van der Waals surface area contributed by atoms with Crippen LogP contribution in [0.5, 0.6) is 0 Å². The zero-order chi connectivity index (χ0) is 16.1. The predicted molar refractivity (Wildman–Crippen MR) is 84.5 cm³/mol. The third-order valence-corrected chi connectivity index (χ3v) is 4.24. The fourth-order valence-corrected chi connectivity index (χ4v) is 3.00. The molecule has 0 aromatic carbocycles. The minimum Gasteiger partial charge on any atom is -0.352 e. The molecule has 0 atom stereocenters. The molecule has 22 heavy (non-hydrogen) atoms. The van der Waals surface area contributed by atoms with Crippen molar-refractivity contribution in [2.75, 3.05) is 26.2 Å². The lowest BCUT2D eigenvalue weighted by molar-refractivity contribution is -0.146. The first-order chi connectivity index (χ1) is 10.5. The van der Waals surface area contributed by atoms with Crippen LogP contribution in [0, 0.1) is 0 Å². The van der Waals surface area contributed by atoms with Crippen LogP contribution in [0.1, 0.15) is 18.7 Å². The average Bonchev–Trinajstić information content (AvgIpc) is 2.93. The van der Waals surface area contributed by atoms with Gasteiger partial charge in [0.15, 0.2) is 0 Å². The summed E-state index contributed by atoms with van der Waals surface area (Å²) in [5.74, 6) is -0.381. The smallest absolute Gasteiger partial charge is 0.242 e. The molecule has 1 aromatic rings. The summed E-state index contributed by atoms with van der Waals surface area (Å²) in [5.41, 5.74) is 0. The van der Waals surface area contributed by atoms with Crippen LogP contribution >= 0.6 is 11.3 Å². The molecule has 1 aliphatic rings. The molecule has 2 heterocycles. The standard InChI is InChI=1S/C15H21N3O3S/c1-11(2)16-13(19)9-17-5-6-18(10-15(17)21)14(20)8-12-4-3-7-22-12/h3-4,7,11H,5-6,8-10H2,1-2H3,(H,16,19). The third-order valence-electron chi connectivity index (χ3n) is 3.36. The van der Waals surface area contributed by atoms with E-state index in [0.717, 1.165) is 4.88 Å². The topological polar surface area (TPSA) is 69.7 Å². The molecule has 1 fully saturated rings. The first-order valence-corrected chi connectivity index (χ1v) is 8.21. The van der Waals surface area contributed by atoms with Crippen molar-refractivity contribution < 1.29 is 14.4 Å². The van der Waals surface area contributed by atoms with Gasteiger partial charge in [0.2, 0.25) is 17.7 Å². The Morgan fingerprint density at radius 3 is 2.73 bits per heavy atom. The molecule has 6 nitrogen and oxygen atoms in total. The lowest BCUT2D eigenvalue weighted by atomic mass is 10.2. The van der Waals surface area contributed by atoms with E-state index in [0.29, 0.717) is 19.5 Å². The second-order valence-electron chi connectivity index (χ2n) is 5.61. The summed E-state index contributed by atoms with van der Waals surface area (Å²) >= 11 is 1.53. The molecule has 0 aliphatic carbocycles. The lowest BCUT2D eigenvalue weighted by Gasteiger charge is -2.34. The summed E-state index contributed by atoms with van der Waals surface area (Å²) in [6.45, 7) is 4.75. The van der Waals surface area contributed by atoms with Crippen molar-refractivity contribution in [1.82, 2.24) is 15.1 Å². The quantitative estimate of drug-likeness (QED) is 0.857. The van der Waals surface area contributed by atoms with Crippen molar-refractivity contribution in [3.8, 4) is 0 Å². The maximum Gasteiger partial charge on any atom is 0.242 e. The highest BCUT2D eigenvalue weighted by molar-refractivity contribution is 7.10. The van der Waals surface area contributed by atoms with Gasteiger partial charge in [0.1, 0.15) is 0 Å². The minimum absolute atomic E-state index is 0.0397. The largest absolute Gasteiger partial charge is 0.352 e. The van der Waals surface area contributed by atoms with Crippen LogP contribution < -0.4 is 5.32 Å². The van der Waals surface area contributed by atoms with Gasteiger partial charge in [-0.3, -0.25) is 14.4 Å². The van der Waals surface area contributed by atoms with Crippen molar-refractivity contribution in [2.24, 2.45) is 0 Å². The molecule has 0 spiro atoms. The van der Waals surface area contributed by atoms with Gasteiger partial charge in [-0.05, 0) is 25.3 Å². The summed E-state index contributed by atoms with van der Waals surface area (Å²) < 4.78 is 0. The summed E-state index contributed by atoms with van der Waals surface area (Å²) in [7, 11) is 0. The Morgan fingerprint density at radius 1 is 1.36 bits per heavy atom. The van der Waals surface area contributed by atoms with Gasteiger partial charge >= 0.3 is 0 Å². The molecule has 0 saturated carbocycles. The van der Waals surface area contributed by atoms with Crippen LogP contribution in [0.25, 0.3) is 0 Å². The number of hydrogen-bond acceptors (Lipinski definition) is 4. The third kappa shape index (κ3) is 4.56. The first kappa shape index (κ1) is 16.5. The zero-order valence-electron chi connectivity index (χ0n) is 12.9.